The van der Waals surface area contributed by atoms with E-state index in [1.165, 1.54) is 6.07 Å². The predicted molar refractivity (Wildman–Crippen MR) is 114 cm³/mol. The standard InChI is InChI=1S/C24H24FN3O2/c1-15-12-20(16(2)28(15)22-9-4-3-8-21(22)25)24(30)26-14-17-6-5-7-19(13-17)27-23(29)18-10-11-18/h3-9,12-13,18H,10-11,14H2,1-2H3,(H,26,30)(H,27,29). The van der Waals surface area contributed by atoms with Gasteiger partial charge < -0.3 is 15.2 Å². The van der Waals surface area contributed by atoms with E-state index in [0.29, 0.717) is 23.5 Å². The van der Waals surface area contributed by atoms with Crippen LogP contribution in [0.4, 0.5) is 10.1 Å². The molecule has 0 unspecified atom stereocenters. The van der Waals surface area contributed by atoms with Gasteiger partial charge in [-0.2, -0.15) is 0 Å². The van der Waals surface area contributed by atoms with Crippen molar-refractivity contribution in [3.8, 4) is 5.69 Å². The number of benzene rings is 2. The van der Waals surface area contributed by atoms with E-state index in [2.05, 4.69) is 10.6 Å². The summed E-state index contributed by atoms with van der Waals surface area (Å²) in [5.74, 6) is -0.371. The van der Waals surface area contributed by atoms with Gasteiger partial charge in [0.25, 0.3) is 5.91 Å². The van der Waals surface area contributed by atoms with E-state index in [0.717, 1.165) is 29.8 Å². The van der Waals surface area contributed by atoms with Gasteiger partial charge in [-0.05, 0) is 62.6 Å². The van der Waals surface area contributed by atoms with Gasteiger partial charge >= 0.3 is 0 Å². The molecule has 0 atom stereocenters. The molecule has 0 bridgehead atoms. The summed E-state index contributed by atoms with van der Waals surface area (Å²) in [4.78, 5) is 24.7. The smallest absolute Gasteiger partial charge is 0.253 e. The SMILES string of the molecule is Cc1cc(C(=O)NCc2cccc(NC(=O)C3CC3)c2)c(C)n1-c1ccccc1F. The molecule has 2 N–H and O–H groups in total. The van der Waals surface area contributed by atoms with Crippen LogP contribution in [0.3, 0.4) is 0 Å². The Morgan fingerprint density at radius 1 is 1.07 bits per heavy atom. The lowest BCUT2D eigenvalue weighted by molar-refractivity contribution is -0.117. The van der Waals surface area contributed by atoms with Crippen molar-refractivity contribution in [2.24, 2.45) is 5.92 Å². The van der Waals surface area contributed by atoms with Crippen molar-refractivity contribution in [2.45, 2.75) is 33.2 Å². The molecule has 0 radical (unpaired) electrons. The Balaban J connectivity index is 1.47. The first-order valence-electron chi connectivity index (χ1n) is 10.1. The largest absolute Gasteiger partial charge is 0.348 e. The van der Waals surface area contributed by atoms with Crippen LogP contribution in [0.2, 0.25) is 0 Å². The van der Waals surface area contributed by atoms with Crippen LogP contribution < -0.4 is 10.6 Å². The Kier molecular flexibility index (Phi) is 5.40. The number of carbonyl (C=O) groups excluding carboxylic acids is 2. The molecule has 1 saturated carbocycles. The highest BCUT2D eigenvalue weighted by Gasteiger charge is 2.29. The molecule has 0 aliphatic heterocycles. The summed E-state index contributed by atoms with van der Waals surface area (Å²) in [7, 11) is 0. The molecule has 1 aromatic heterocycles. The molecule has 2 amide bonds. The van der Waals surface area contributed by atoms with Gasteiger partial charge in [-0.25, -0.2) is 4.39 Å². The van der Waals surface area contributed by atoms with E-state index in [-0.39, 0.29) is 23.5 Å². The van der Waals surface area contributed by atoms with Gasteiger partial charge in [0, 0.05) is 29.5 Å². The molecule has 1 heterocycles. The van der Waals surface area contributed by atoms with Crippen LogP contribution in [-0.4, -0.2) is 16.4 Å². The molecule has 2 aromatic carbocycles. The second kappa shape index (κ2) is 8.14. The fourth-order valence-corrected chi connectivity index (χ4v) is 3.62. The number of nitrogens with zero attached hydrogens (tertiary/aromatic N) is 1. The zero-order chi connectivity index (χ0) is 21.3. The lowest BCUT2D eigenvalue weighted by Crippen LogP contribution is -2.23. The second-order valence-corrected chi connectivity index (χ2v) is 7.72. The summed E-state index contributed by atoms with van der Waals surface area (Å²) in [5, 5.41) is 5.84. The van der Waals surface area contributed by atoms with Gasteiger partial charge in [-0.1, -0.05) is 24.3 Å². The van der Waals surface area contributed by atoms with Crippen molar-refractivity contribution < 1.29 is 14.0 Å². The normalized spacial score (nSPS) is 13.2. The zero-order valence-corrected chi connectivity index (χ0v) is 17.0. The topological polar surface area (TPSA) is 63.1 Å². The van der Waals surface area contributed by atoms with Gasteiger partial charge in [-0.3, -0.25) is 9.59 Å². The maximum atomic E-state index is 14.2. The van der Waals surface area contributed by atoms with Crippen LogP contribution in [0.5, 0.6) is 0 Å². The first kappa shape index (κ1) is 19.9. The highest BCUT2D eigenvalue weighted by atomic mass is 19.1. The first-order chi connectivity index (χ1) is 14.4. The number of anilines is 1. The summed E-state index contributed by atoms with van der Waals surface area (Å²) >= 11 is 0. The van der Waals surface area contributed by atoms with E-state index >= 15 is 0 Å². The number of aryl methyl sites for hydroxylation is 1. The number of carbonyl (C=O) groups is 2. The molecule has 1 aliphatic rings. The number of rotatable bonds is 6. The molecule has 1 aliphatic carbocycles. The average molecular weight is 405 g/mol. The number of para-hydroxylation sites is 1. The lowest BCUT2D eigenvalue weighted by Gasteiger charge is -2.11. The monoisotopic (exact) mass is 405 g/mol. The Bertz CT molecular complexity index is 1120. The molecule has 5 nitrogen and oxygen atoms in total. The van der Waals surface area contributed by atoms with Gasteiger partial charge in [0.15, 0.2) is 0 Å². The highest BCUT2D eigenvalue weighted by Crippen LogP contribution is 2.30. The Morgan fingerprint density at radius 3 is 2.57 bits per heavy atom. The summed E-state index contributed by atoms with van der Waals surface area (Å²) in [5.41, 5.74) is 4.02. The fourth-order valence-electron chi connectivity index (χ4n) is 3.62. The number of halogens is 1. The van der Waals surface area contributed by atoms with Crippen LogP contribution in [0.15, 0.2) is 54.6 Å². The average Bonchev–Trinajstić information content (AvgIpc) is 3.53. The minimum absolute atomic E-state index is 0.0526. The third-order valence-corrected chi connectivity index (χ3v) is 5.36. The molecule has 6 heteroatoms. The Hall–Kier alpha value is -3.41. The number of nitrogens with one attached hydrogen (secondary N) is 2. The number of amides is 2. The lowest BCUT2D eigenvalue weighted by atomic mass is 10.1. The molecule has 1 fully saturated rings. The van der Waals surface area contributed by atoms with Gasteiger partial charge in [0.1, 0.15) is 5.82 Å². The molecule has 0 spiro atoms. The van der Waals surface area contributed by atoms with E-state index in [4.69, 9.17) is 0 Å². The maximum absolute atomic E-state index is 14.2. The van der Waals surface area contributed by atoms with E-state index in [1.54, 1.807) is 28.8 Å². The summed E-state index contributed by atoms with van der Waals surface area (Å²) in [6, 6.07) is 15.7. The number of aromatic nitrogens is 1. The van der Waals surface area contributed by atoms with Crippen LogP contribution >= 0.6 is 0 Å². The molecule has 4 rings (SSSR count). The van der Waals surface area contributed by atoms with E-state index < -0.39 is 0 Å². The predicted octanol–water partition coefficient (Wildman–Crippen LogP) is 4.51. The second-order valence-electron chi connectivity index (χ2n) is 7.72. The quantitative estimate of drug-likeness (QED) is 0.634. The third-order valence-electron chi connectivity index (χ3n) is 5.36. The van der Waals surface area contributed by atoms with E-state index in [1.807, 2.05) is 38.1 Å². The molecule has 154 valence electrons. The summed E-state index contributed by atoms with van der Waals surface area (Å²) < 4.78 is 16.0. The zero-order valence-electron chi connectivity index (χ0n) is 17.0. The molecule has 0 saturated heterocycles. The minimum atomic E-state index is -0.337. The fraction of sp³-hybridized carbons (Fsp3) is 0.250. The van der Waals surface area contributed by atoms with Crippen LogP contribution in [0.1, 0.15) is 40.2 Å². The first-order valence-corrected chi connectivity index (χ1v) is 10.1. The molecule has 3 aromatic rings. The van der Waals surface area contributed by atoms with Crippen molar-refractivity contribution in [1.82, 2.24) is 9.88 Å². The van der Waals surface area contributed by atoms with Crippen molar-refractivity contribution >= 4 is 17.5 Å². The van der Waals surface area contributed by atoms with Crippen LogP contribution in [0, 0.1) is 25.6 Å². The number of hydrogen-bond donors (Lipinski definition) is 2. The van der Waals surface area contributed by atoms with Gasteiger partial charge in [-0.15, -0.1) is 0 Å². The molecular formula is C24H24FN3O2. The molecule has 30 heavy (non-hydrogen) atoms. The highest BCUT2D eigenvalue weighted by molar-refractivity contribution is 5.96. The van der Waals surface area contributed by atoms with E-state index in [9.17, 15) is 14.0 Å². The van der Waals surface area contributed by atoms with Crippen molar-refractivity contribution in [2.75, 3.05) is 5.32 Å². The number of hydrogen-bond acceptors (Lipinski definition) is 2. The van der Waals surface area contributed by atoms with Crippen molar-refractivity contribution in [3.63, 3.8) is 0 Å². The maximum Gasteiger partial charge on any atom is 0.253 e. The summed E-state index contributed by atoms with van der Waals surface area (Å²) in [6.45, 7) is 3.99. The van der Waals surface area contributed by atoms with Crippen molar-refractivity contribution in [1.29, 1.82) is 0 Å². The van der Waals surface area contributed by atoms with Crippen LogP contribution in [-0.2, 0) is 11.3 Å². The molecular weight excluding hydrogens is 381 g/mol. The van der Waals surface area contributed by atoms with Gasteiger partial charge in [0.2, 0.25) is 5.91 Å². The third kappa shape index (κ3) is 4.13. The van der Waals surface area contributed by atoms with Crippen molar-refractivity contribution in [3.05, 3.63) is 82.9 Å². The van der Waals surface area contributed by atoms with Gasteiger partial charge in [0.05, 0.1) is 11.3 Å². The summed E-state index contributed by atoms with van der Waals surface area (Å²) in [6.07, 6.45) is 1.90. The Labute approximate surface area is 174 Å². The van der Waals surface area contributed by atoms with Crippen LogP contribution in [0.25, 0.3) is 5.69 Å². The minimum Gasteiger partial charge on any atom is -0.348 e. The Morgan fingerprint density at radius 2 is 1.83 bits per heavy atom.